The highest BCUT2D eigenvalue weighted by atomic mass is 32.1. The van der Waals surface area contributed by atoms with Crippen molar-refractivity contribution in [3.8, 4) is 0 Å². The molecule has 0 unspecified atom stereocenters. The first-order valence-electron chi connectivity index (χ1n) is 6.20. The Hall–Kier alpha value is -2.54. The Kier molecular flexibility index (Phi) is 3.49. The number of hydrogen-bond acceptors (Lipinski definition) is 7. The predicted molar refractivity (Wildman–Crippen MR) is 81.0 cm³/mol. The van der Waals surface area contributed by atoms with Crippen LogP contribution in [0.25, 0.3) is 10.2 Å². The summed E-state index contributed by atoms with van der Waals surface area (Å²) in [5.41, 5.74) is 2.30. The molecule has 0 aliphatic rings. The van der Waals surface area contributed by atoms with Crippen molar-refractivity contribution < 1.29 is 9.53 Å². The molecule has 21 heavy (non-hydrogen) atoms. The minimum absolute atomic E-state index is 0.169. The fraction of sp³-hybridized carbons (Fsp3) is 0.143. The number of esters is 1. The molecule has 106 valence electrons. The standard InChI is InChI=1S/C14H12N4O2S/c1-8-3-4-9-11(5-8)21-14(17-9)18-12-7-15-10(6-16-12)13(19)20-2/h3-7H,1-2H3,(H,16,17,18). The Morgan fingerprint density at radius 3 is 2.86 bits per heavy atom. The quantitative estimate of drug-likeness (QED) is 0.749. The topological polar surface area (TPSA) is 77.0 Å². The molecule has 2 aromatic heterocycles. The van der Waals surface area contributed by atoms with E-state index in [0.717, 1.165) is 15.3 Å². The van der Waals surface area contributed by atoms with Crippen molar-refractivity contribution in [3.05, 3.63) is 41.9 Å². The van der Waals surface area contributed by atoms with Gasteiger partial charge in [0.15, 0.2) is 16.6 Å². The van der Waals surface area contributed by atoms with Crippen molar-refractivity contribution in [2.24, 2.45) is 0 Å². The van der Waals surface area contributed by atoms with Gasteiger partial charge in [0.2, 0.25) is 0 Å². The highest BCUT2D eigenvalue weighted by Crippen LogP contribution is 2.28. The van der Waals surface area contributed by atoms with Gasteiger partial charge in [0.1, 0.15) is 0 Å². The first kappa shape index (κ1) is 13.4. The van der Waals surface area contributed by atoms with Crippen molar-refractivity contribution in [1.82, 2.24) is 15.0 Å². The summed E-state index contributed by atoms with van der Waals surface area (Å²) < 4.78 is 5.68. The summed E-state index contributed by atoms with van der Waals surface area (Å²) in [7, 11) is 1.30. The molecule has 6 nitrogen and oxygen atoms in total. The summed E-state index contributed by atoms with van der Waals surface area (Å²) in [6, 6.07) is 6.10. The van der Waals surface area contributed by atoms with E-state index in [2.05, 4.69) is 31.1 Å². The molecule has 0 atom stereocenters. The average Bonchev–Trinajstić information content (AvgIpc) is 2.88. The van der Waals surface area contributed by atoms with Gasteiger partial charge in [-0.05, 0) is 24.6 Å². The number of thiazole rings is 1. The summed E-state index contributed by atoms with van der Waals surface area (Å²) in [4.78, 5) is 23.9. The predicted octanol–water partition coefficient (Wildman–Crippen LogP) is 2.92. The van der Waals surface area contributed by atoms with Gasteiger partial charge in [-0.2, -0.15) is 0 Å². The number of ether oxygens (including phenoxy) is 1. The third-order valence-electron chi connectivity index (χ3n) is 2.83. The van der Waals surface area contributed by atoms with Crippen LogP contribution in [0.3, 0.4) is 0 Å². The Morgan fingerprint density at radius 1 is 1.29 bits per heavy atom. The second-order valence-corrected chi connectivity index (χ2v) is 5.42. The molecule has 0 saturated heterocycles. The number of aromatic nitrogens is 3. The zero-order valence-corrected chi connectivity index (χ0v) is 12.3. The number of carbonyl (C=O) groups is 1. The molecule has 1 N–H and O–H groups in total. The summed E-state index contributed by atoms with van der Waals surface area (Å²) in [6.45, 7) is 2.04. The van der Waals surface area contributed by atoms with Crippen LogP contribution >= 0.6 is 11.3 Å². The van der Waals surface area contributed by atoms with E-state index in [9.17, 15) is 4.79 Å². The Balaban J connectivity index is 1.83. The lowest BCUT2D eigenvalue weighted by Gasteiger charge is -2.01. The number of nitrogens with zero attached hydrogens (tertiary/aromatic N) is 3. The molecule has 0 amide bonds. The molecule has 1 aromatic carbocycles. The summed E-state index contributed by atoms with van der Waals surface area (Å²) in [6.07, 6.45) is 2.84. The first-order valence-corrected chi connectivity index (χ1v) is 7.02. The second kappa shape index (κ2) is 5.45. The normalized spacial score (nSPS) is 10.6. The zero-order chi connectivity index (χ0) is 14.8. The van der Waals surface area contributed by atoms with Gasteiger partial charge in [-0.25, -0.2) is 19.7 Å². The van der Waals surface area contributed by atoms with Gasteiger partial charge in [-0.1, -0.05) is 17.4 Å². The molecule has 0 fully saturated rings. The number of rotatable bonds is 3. The number of methoxy groups -OCH3 is 1. The summed E-state index contributed by atoms with van der Waals surface area (Å²) in [5.74, 6) is 0.0166. The van der Waals surface area contributed by atoms with Crippen LogP contribution in [0.5, 0.6) is 0 Å². The first-order chi connectivity index (χ1) is 10.2. The Labute approximate surface area is 124 Å². The fourth-order valence-electron chi connectivity index (χ4n) is 1.80. The van der Waals surface area contributed by atoms with Gasteiger partial charge in [-0.3, -0.25) is 0 Å². The molecule has 2 heterocycles. The lowest BCUT2D eigenvalue weighted by molar-refractivity contribution is 0.0593. The van der Waals surface area contributed by atoms with Crippen molar-refractivity contribution in [1.29, 1.82) is 0 Å². The summed E-state index contributed by atoms with van der Waals surface area (Å²) >= 11 is 1.54. The largest absolute Gasteiger partial charge is 0.464 e. The molecule has 0 spiro atoms. The molecule has 0 aliphatic heterocycles. The van der Waals surface area contributed by atoms with Gasteiger partial charge < -0.3 is 10.1 Å². The molecule has 3 aromatic rings. The molecular formula is C14H12N4O2S. The van der Waals surface area contributed by atoms with Crippen LogP contribution in [-0.2, 0) is 4.74 Å². The van der Waals surface area contributed by atoms with E-state index in [-0.39, 0.29) is 5.69 Å². The van der Waals surface area contributed by atoms with Crippen LogP contribution in [0.4, 0.5) is 10.9 Å². The van der Waals surface area contributed by atoms with Crippen LogP contribution < -0.4 is 5.32 Å². The van der Waals surface area contributed by atoms with E-state index >= 15 is 0 Å². The van der Waals surface area contributed by atoms with Gasteiger partial charge in [-0.15, -0.1) is 0 Å². The fourth-order valence-corrected chi connectivity index (χ4v) is 2.77. The number of nitrogens with one attached hydrogen (secondary N) is 1. The number of carbonyl (C=O) groups excluding carboxylic acids is 1. The van der Waals surface area contributed by atoms with Crippen molar-refractivity contribution in [2.45, 2.75) is 6.92 Å². The van der Waals surface area contributed by atoms with Crippen molar-refractivity contribution >= 4 is 38.5 Å². The lowest BCUT2D eigenvalue weighted by Crippen LogP contribution is -2.05. The van der Waals surface area contributed by atoms with Gasteiger partial charge in [0, 0.05) is 0 Å². The van der Waals surface area contributed by atoms with Crippen LogP contribution in [0.1, 0.15) is 16.1 Å². The van der Waals surface area contributed by atoms with E-state index in [4.69, 9.17) is 0 Å². The SMILES string of the molecule is COC(=O)c1cnc(Nc2nc3ccc(C)cc3s2)cn1. The van der Waals surface area contributed by atoms with E-state index < -0.39 is 5.97 Å². The monoisotopic (exact) mass is 300 g/mol. The zero-order valence-electron chi connectivity index (χ0n) is 11.5. The maximum atomic E-state index is 11.3. The highest BCUT2D eigenvalue weighted by Gasteiger charge is 2.09. The molecule has 7 heteroatoms. The number of benzene rings is 1. The number of hydrogen-bond donors (Lipinski definition) is 1. The molecule has 0 radical (unpaired) electrons. The van der Waals surface area contributed by atoms with Crippen LogP contribution in [0.2, 0.25) is 0 Å². The summed E-state index contributed by atoms with van der Waals surface area (Å²) in [5, 5.41) is 3.81. The average molecular weight is 300 g/mol. The van der Waals surface area contributed by atoms with E-state index in [1.807, 2.05) is 19.1 Å². The minimum atomic E-state index is -0.510. The third-order valence-corrected chi connectivity index (χ3v) is 3.76. The number of aryl methyl sites for hydroxylation is 1. The maximum Gasteiger partial charge on any atom is 0.358 e. The molecule has 0 aliphatic carbocycles. The van der Waals surface area contributed by atoms with E-state index in [1.165, 1.54) is 36.4 Å². The lowest BCUT2D eigenvalue weighted by atomic mass is 10.2. The highest BCUT2D eigenvalue weighted by molar-refractivity contribution is 7.22. The molecule has 3 rings (SSSR count). The van der Waals surface area contributed by atoms with Crippen LogP contribution in [0, 0.1) is 6.92 Å². The number of fused-ring (bicyclic) bond motifs is 1. The molecular weight excluding hydrogens is 288 g/mol. The van der Waals surface area contributed by atoms with Crippen LogP contribution in [-0.4, -0.2) is 28.0 Å². The second-order valence-electron chi connectivity index (χ2n) is 4.39. The van der Waals surface area contributed by atoms with E-state index in [0.29, 0.717) is 5.82 Å². The van der Waals surface area contributed by atoms with Gasteiger partial charge in [0.05, 0.1) is 29.7 Å². The smallest absolute Gasteiger partial charge is 0.358 e. The van der Waals surface area contributed by atoms with Crippen molar-refractivity contribution in [2.75, 3.05) is 12.4 Å². The Bertz CT molecular complexity index is 798. The van der Waals surface area contributed by atoms with Gasteiger partial charge in [0.25, 0.3) is 0 Å². The van der Waals surface area contributed by atoms with Crippen molar-refractivity contribution in [3.63, 3.8) is 0 Å². The molecule has 0 bridgehead atoms. The maximum absolute atomic E-state index is 11.3. The Morgan fingerprint density at radius 2 is 2.14 bits per heavy atom. The van der Waals surface area contributed by atoms with Gasteiger partial charge >= 0.3 is 5.97 Å². The van der Waals surface area contributed by atoms with Crippen LogP contribution in [0.15, 0.2) is 30.6 Å². The number of anilines is 2. The molecule has 0 saturated carbocycles. The third kappa shape index (κ3) is 2.82. The van der Waals surface area contributed by atoms with E-state index in [1.54, 1.807) is 0 Å². The minimum Gasteiger partial charge on any atom is -0.464 e.